The van der Waals surface area contributed by atoms with Crippen molar-refractivity contribution < 1.29 is 38.4 Å². The molecule has 1 aliphatic rings. The highest BCUT2D eigenvalue weighted by atomic mass is 35.7. The molecule has 8 nitrogen and oxygen atoms in total. The third-order valence-electron chi connectivity index (χ3n) is 3.98. The third kappa shape index (κ3) is 9.21. The summed E-state index contributed by atoms with van der Waals surface area (Å²) in [5, 5.41) is 0. The average molecular weight is 391 g/mol. The normalized spacial score (nSPS) is 16.6. The Morgan fingerprint density at radius 1 is 1.12 bits per heavy atom. The summed E-state index contributed by atoms with van der Waals surface area (Å²) in [6, 6.07) is 6.08. The molecule has 1 N–H and O–H groups in total. The summed E-state index contributed by atoms with van der Waals surface area (Å²) in [6.45, 7) is 1.96. The minimum Gasteiger partial charge on any atom is -0.493 e. The lowest BCUT2D eigenvalue weighted by Crippen LogP contribution is -2.58. The summed E-state index contributed by atoms with van der Waals surface area (Å²) in [6.07, 6.45) is 5.91. The second-order valence-electron chi connectivity index (χ2n) is 5.87. The number of methoxy groups -OCH3 is 2. The quantitative estimate of drug-likeness (QED) is 0.685. The van der Waals surface area contributed by atoms with Crippen molar-refractivity contribution >= 4 is 5.84 Å². The first kappa shape index (κ1) is 22.5. The molecular weight excluding hydrogens is 364 g/mol. The van der Waals surface area contributed by atoms with Gasteiger partial charge in [0, 0.05) is 26.6 Å². The first-order valence-electron chi connectivity index (χ1n) is 8.33. The topological polar surface area (TPSA) is 123 Å². The Kier molecular flexibility index (Phi) is 9.68. The third-order valence-corrected chi connectivity index (χ3v) is 3.98. The van der Waals surface area contributed by atoms with E-state index in [9.17, 15) is 0 Å². The minimum absolute atomic E-state index is 0.774. The number of benzene rings is 1. The van der Waals surface area contributed by atoms with Crippen LogP contribution in [-0.2, 0) is 6.42 Å². The molecule has 0 atom stereocenters. The van der Waals surface area contributed by atoms with Crippen LogP contribution in [0.5, 0.6) is 11.5 Å². The van der Waals surface area contributed by atoms with Crippen LogP contribution in [0.4, 0.5) is 0 Å². The van der Waals surface area contributed by atoms with Gasteiger partial charge in [0.05, 0.1) is 35.0 Å². The van der Waals surface area contributed by atoms with E-state index in [0.29, 0.717) is 0 Å². The first-order valence-corrected chi connectivity index (χ1v) is 9.59. The van der Waals surface area contributed by atoms with Crippen molar-refractivity contribution in [2.75, 3.05) is 34.4 Å². The zero-order chi connectivity index (χ0) is 19.6. The molecule has 1 fully saturated rings. The number of hydrogen-bond donors (Lipinski definition) is 1. The molecule has 0 bridgehead atoms. The molecule has 1 aliphatic heterocycles. The van der Waals surface area contributed by atoms with Gasteiger partial charge in [-0.15, -0.1) is 0 Å². The Labute approximate surface area is 156 Å². The molecule has 0 unspecified atom stereocenters. The van der Waals surface area contributed by atoms with E-state index in [1.165, 1.54) is 30.7 Å². The van der Waals surface area contributed by atoms with Gasteiger partial charge in [-0.3, -0.25) is 4.99 Å². The van der Waals surface area contributed by atoms with Crippen LogP contribution in [0.3, 0.4) is 0 Å². The van der Waals surface area contributed by atoms with Gasteiger partial charge < -0.3 is 14.4 Å². The molecule has 2 rings (SSSR count). The van der Waals surface area contributed by atoms with Gasteiger partial charge >= 0.3 is 0 Å². The molecule has 1 saturated heterocycles. The van der Waals surface area contributed by atoms with Crippen molar-refractivity contribution in [1.29, 1.82) is 0 Å². The van der Waals surface area contributed by atoms with Crippen molar-refractivity contribution in [3.8, 4) is 11.5 Å². The van der Waals surface area contributed by atoms with Gasteiger partial charge in [0.2, 0.25) is 0 Å². The van der Waals surface area contributed by atoms with Gasteiger partial charge in [0.1, 0.15) is 0 Å². The molecular formula is C17H27ClN2O6. The molecule has 0 spiro atoms. The number of halogens is 1. The number of nitrogens with zero attached hydrogens (tertiary/aromatic N) is 2. The maximum Gasteiger partial charge on any atom is 0.160 e. The fourth-order valence-corrected chi connectivity index (χ4v) is 2.68. The van der Waals surface area contributed by atoms with Crippen molar-refractivity contribution in [3.05, 3.63) is 23.8 Å². The first-order chi connectivity index (χ1) is 12.2. The van der Waals surface area contributed by atoms with E-state index in [-0.39, 0.29) is 0 Å². The average Bonchev–Trinajstić information content (AvgIpc) is 2.78. The molecule has 1 aromatic rings. The number of rotatable bonds is 5. The minimum atomic E-state index is -4.69. The molecule has 1 aromatic carbocycles. The highest BCUT2D eigenvalue weighted by molar-refractivity contribution is 5.82. The van der Waals surface area contributed by atoms with Crippen molar-refractivity contribution in [3.63, 3.8) is 0 Å². The number of ether oxygens (including phenoxy) is 2. The second kappa shape index (κ2) is 11.2. The molecule has 0 saturated carbocycles. The summed E-state index contributed by atoms with van der Waals surface area (Å²) >= 11 is 0. The lowest BCUT2D eigenvalue weighted by Gasteiger charge is -2.18. The summed E-state index contributed by atoms with van der Waals surface area (Å²) < 4.78 is 43.3. The van der Waals surface area contributed by atoms with Crippen LogP contribution in [-0.4, -0.2) is 49.8 Å². The van der Waals surface area contributed by atoms with Crippen LogP contribution in [0, 0.1) is 10.2 Å². The van der Waals surface area contributed by atoms with Crippen molar-refractivity contribution in [2.24, 2.45) is 4.99 Å². The second-order valence-corrected chi connectivity index (χ2v) is 6.66. The molecule has 0 amide bonds. The SMILES string of the molecule is COc1ccc(CCN=C2CCCCCN2C)cc1OC.[O-][Cl+3]([O-])([O-])O. The Morgan fingerprint density at radius 2 is 1.77 bits per heavy atom. The van der Waals surface area contributed by atoms with Crippen LogP contribution in [0.2, 0.25) is 0 Å². The van der Waals surface area contributed by atoms with Crippen molar-refractivity contribution in [2.45, 2.75) is 32.1 Å². The summed E-state index contributed by atoms with van der Waals surface area (Å²) in [4.78, 5) is 7.10. The maximum absolute atomic E-state index is 8.60. The van der Waals surface area contributed by atoms with E-state index in [1.54, 1.807) is 14.2 Å². The largest absolute Gasteiger partial charge is 0.493 e. The predicted octanol–water partition coefficient (Wildman–Crippen LogP) is -0.973. The number of aliphatic imine (C=N–C) groups is 1. The molecule has 26 heavy (non-hydrogen) atoms. The van der Waals surface area contributed by atoms with Gasteiger partial charge in [-0.2, -0.15) is 14.0 Å². The van der Waals surface area contributed by atoms with Crippen LogP contribution in [0.1, 0.15) is 31.2 Å². The van der Waals surface area contributed by atoms with Crippen molar-refractivity contribution in [1.82, 2.24) is 4.90 Å². The highest BCUT2D eigenvalue weighted by Crippen LogP contribution is 2.27. The Morgan fingerprint density at radius 3 is 2.38 bits per heavy atom. The fourth-order valence-electron chi connectivity index (χ4n) is 2.68. The molecule has 0 aliphatic carbocycles. The van der Waals surface area contributed by atoms with E-state index >= 15 is 0 Å². The molecule has 1 heterocycles. The maximum atomic E-state index is 8.60. The van der Waals surface area contributed by atoms with Gasteiger partial charge in [-0.25, -0.2) is 0 Å². The molecule has 9 heteroatoms. The number of amidine groups is 1. The van der Waals surface area contributed by atoms with E-state index in [4.69, 9.17) is 33.1 Å². The van der Waals surface area contributed by atoms with E-state index in [1.807, 2.05) is 12.1 Å². The standard InChI is InChI=1S/C17H26N2O2.ClHO4/c1-19-12-6-4-5-7-17(19)18-11-10-14-8-9-15(20-2)16(13-14)21-3;2-1(3,4)5/h8-9,13H,4-7,10-12H2,1-3H3;(H,2,3,4,5). The number of likely N-dealkylation sites (tertiary alicyclic amines) is 1. The smallest absolute Gasteiger partial charge is 0.160 e. The van der Waals surface area contributed by atoms with Gasteiger partial charge in [0.15, 0.2) is 11.5 Å². The molecule has 0 radical (unpaired) electrons. The lowest BCUT2D eigenvalue weighted by atomic mass is 10.1. The summed E-state index contributed by atoms with van der Waals surface area (Å²) in [5.74, 6) is 2.82. The van der Waals surface area contributed by atoms with Crippen LogP contribution < -0.4 is 23.5 Å². The Bertz CT molecular complexity index is 571. The fraction of sp³-hybridized carbons (Fsp3) is 0.588. The van der Waals surface area contributed by atoms with Crippen LogP contribution in [0.15, 0.2) is 23.2 Å². The zero-order valence-corrected chi connectivity index (χ0v) is 16.2. The molecule has 0 aromatic heterocycles. The number of hydrogen-bond acceptors (Lipinski definition) is 7. The summed E-state index contributed by atoms with van der Waals surface area (Å²) in [5.41, 5.74) is 1.23. The molecule has 148 valence electrons. The Hall–Kier alpha value is -1.58. The van der Waals surface area contributed by atoms with Gasteiger partial charge in [-0.05, 0) is 37.0 Å². The van der Waals surface area contributed by atoms with E-state index in [0.717, 1.165) is 37.4 Å². The summed E-state index contributed by atoms with van der Waals surface area (Å²) in [7, 11) is 0.786. The van der Waals surface area contributed by atoms with Gasteiger partial charge in [-0.1, -0.05) is 12.5 Å². The van der Waals surface area contributed by atoms with Crippen LogP contribution in [0.25, 0.3) is 0 Å². The van der Waals surface area contributed by atoms with E-state index < -0.39 is 10.2 Å². The van der Waals surface area contributed by atoms with Crippen LogP contribution >= 0.6 is 0 Å². The predicted molar refractivity (Wildman–Crippen MR) is 88.9 cm³/mol. The zero-order valence-electron chi connectivity index (χ0n) is 15.4. The lowest BCUT2D eigenvalue weighted by molar-refractivity contribution is -1.92. The Balaban J connectivity index is 0.000000597. The highest BCUT2D eigenvalue weighted by Gasteiger charge is 2.10. The monoisotopic (exact) mass is 390 g/mol. The van der Waals surface area contributed by atoms with Gasteiger partial charge in [0.25, 0.3) is 0 Å². The van der Waals surface area contributed by atoms with E-state index in [2.05, 4.69) is 18.0 Å².